The highest BCUT2D eigenvalue weighted by atomic mass is 16.5. The fraction of sp³-hybridized carbons (Fsp3) is 0.125. The molecule has 0 amide bonds. The Morgan fingerprint density at radius 1 is 0.833 bits per heavy atom. The van der Waals surface area contributed by atoms with Crippen molar-refractivity contribution in [2.24, 2.45) is 0 Å². The van der Waals surface area contributed by atoms with Crippen LogP contribution >= 0.6 is 0 Å². The van der Waals surface area contributed by atoms with Gasteiger partial charge >= 0.3 is 5.69 Å². The standard InChI is InChI=1S/C24H22N2O4/c1-16-20(22-23(27)26-24(28)25-22)12-19(29-14-17-8-4-2-5-9-17)13-21(16)30-15-18-10-6-3-7-11-18/h2-13,27H,14-15H2,1H3,(H2,25,26,28). The van der Waals surface area contributed by atoms with E-state index >= 15 is 0 Å². The molecule has 0 fully saturated rings. The molecule has 30 heavy (non-hydrogen) atoms. The van der Waals surface area contributed by atoms with Crippen molar-refractivity contribution in [3.63, 3.8) is 0 Å². The van der Waals surface area contributed by atoms with Crippen LogP contribution in [-0.2, 0) is 13.2 Å². The molecule has 0 atom stereocenters. The van der Waals surface area contributed by atoms with Crippen LogP contribution in [0.1, 0.15) is 16.7 Å². The van der Waals surface area contributed by atoms with Gasteiger partial charge in [0.15, 0.2) is 0 Å². The van der Waals surface area contributed by atoms with E-state index in [9.17, 15) is 9.90 Å². The van der Waals surface area contributed by atoms with Gasteiger partial charge in [-0.3, -0.25) is 4.98 Å². The van der Waals surface area contributed by atoms with E-state index in [1.54, 1.807) is 6.07 Å². The number of hydrogen-bond acceptors (Lipinski definition) is 4. The van der Waals surface area contributed by atoms with Gasteiger partial charge < -0.3 is 19.6 Å². The van der Waals surface area contributed by atoms with Gasteiger partial charge in [0, 0.05) is 17.2 Å². The SMILES string of the molecule is Cc1c(OCc2ccccc2)cc(OCc2ccccc2)cc1-c1[nH]c(=O)[nH]c1O. The zero-order valence-electron chi connectivity index (χ0n) is 16.5. The molecule has 0 unspecified atom stereocenters. The van der Waals surface area contributed by atoms with Crippen molar-refractivity contribution >= 4 is 0 Å². The lowest BCUT2D eigenvalue weighted by Crippen LogP contribution is -2.02. The Hall–Kier alpha value is -3.93. The van der Waals surface area contributed by atoms with Gasteiger partial charge in [-0.25, -0.2) is 4.79 Å². The number of aromatic nitrogens is 2. The molecule has 0 bridgehead atoms. The molecule has 0 saturated heterocycles. The van der Waals surface area contributed by atoms with Gasteiger partial charge in [0.05, 0.1) is 0 Å². The highest BCUT2D eigenvalue weighted by Crippen LogP contribution is 2.37. The summed E-state index contributed by atoms with van der Waals surface area (Å²) in [7, 11) is 0. The Kier molecular flexibility index (Phi) is 5.57. The number of imidazole rings is 1. The average molecular weight is 402 g/mol. The van der Waals surface area contributed by atoms with E-state index in [1.807, 2.05) is 73.7 Å². The first-order valence-electron chi connectivity index (χ1n) is 9.60. The van der Waals surface area contributed by atoms with Gasteiger partial charge in [0.25, 0.3) is 0 Å². The molecule has 6 heteroatoms. The largest absolute Gasteiger partial charge is 0.493 e. The van der Waals surface area contributed by atoms with Crippen LogP contribution in [0.3, 0.4) is 0 Å². The lowest BCUT2D eigenvalue weighted by atomic mass is 10.0. The smallest absolute Gasteiger partial charge is 0.326 e. The van der Waals surface area contributed by atoms with Crippen LogP contribution in [0, 0.1) is 6.92 Å². The van der Waals surface area contributed by atoms with Gasteiger partial charge in [-0.15, -0.1) is 0 Å². The zero-order valence-corrected chi connectivity index (χ0v) is 16.5. The summed E-state index contributed by atoms with van der Waals surface area (Å²) in [4.78, 5) is 16.6. The number of nitrogens with one attached hydrogen (secondary N) is 2. The van der Waals surface area contributed by atoms with E-state index in [2.05, 4.69) is 9.97 Å². The van der Waals surface area contributed by atoms with Gasteiger partial charge in [-0.05, 0) is 24.1 Å². The topological polar surface area (TPSA) is 87.3 Å². The van der Waals surface area contributed by atoms with Crippen LogP contribution < -0.4 is 15.2 Å². The van der Waals surface area contributed by atoms with Crippen LogP contribution in [0.5, 0.6) is 17.4 Å². The first-order valence-corrected chi connectivity index (χ1v) is 9.60. The lowest BCUT2D eigenvalue weighted by molar-refractivity contribution is 0.289. The average Bonchev–Trinajstić information content (AvgIpc) is 3.11. The maximum absolute atomic E-state index is 11.7. The molecule has 4 aromatic rings. The Balaban J connectivity index is 1.67. The minimum Gasteiger partial charge on any atom is -0.493 e. The number of aromatic amines is 2. The number of hydrogen-bond donors (Lipinski definition) is 3. The van der Waals surface area contributed by atoms with E-state index in [1.165, 1.54) is 0 Å². The Bertz CT molecular complexity index is 1180. The molecule has 3 aromatic carbocycles. The molecule has 0 saturated carbocycles. The van der Waals surface area contributed by atoms with Crippen molar-refractivity contribution in [3.8, 4) is 28.6 Å². The van der Waals surface area contributed by atoms with Crippen LogP contribution in [0.2, 0.25) is 0 Å². The normalized spacial score (nSPS) is 10.7. The summed E-state index contributed by atoms with van der Waals surface area (Å²) >= 11 is 0. The highest BCUT2D eigenvalue weighted by Gasteiger charge is 2.17. The van der Waals surface area contributed by atoms with Crippen molar-refractivity contribution in [1.82, 2.24) is 9.97 Å². The van der Waals surface area contributed by atoms with E-state index in [0.717, 1.165) is 16.7 Å². The second kappa shape index (κ2) is 8.61. The fourth-order valence-electron chi connectivity index (χ4n) is 3.20. The number of ether oxygens (including phenoxy) is 2. The molecule has 0 spiro atoms. The molecule has 0 aliphatic carbocycles. The molecular formula is C24H22N2O4. The van der Waals surface area contributed by atoms with Crippen LogP contribution in [-0.4, -0.2) is 15.1 Å². The molecule has 4 rings (SSSR count). The monoisotopic (exact) mass is 402 g/mol. The Labute approximate surface area is 173 Å². The first-order chi connectivity index (χ1) is 14.6. The minimum atomic E-state index is -0.482. The Morgan fingerprint density at radius 3 is 2.00 bits per heavy atom. The highest BCUT2D eigenvalue weighted by molar-refractivity contribution is 5.72. The molecule has 3 N–H and O–H groups in total. The van der Waals surface area contributed by atoms with E-state index in [0.29, 0.717) is 36.0 Å². The predicted octanol–water partition coefficient (Wildman–Crippen LogP) is 4.54. The van der Waals surface area contributed by atoms with Gasteiger partial charge in [-0.1, -0.05) is 60.7 Å². The summed E-state index contributed by atoms with van der Waals surface area (Å²) in [6, 6.07) is 23.3. The summed E-state index contributed by atoms with van der Waals surface area (Å²) in [6.07, 6.45) is 0. The second-order valence-electron chi connectivity index (χ2n) is 6.95. The third kappa shape index (κ3) is 4.38. The number of H-pyrrole nitrogens is 2. The second-order valence-corrected chi connectivity index (χ2v) is 6.95. The van der Waals surface area contributed by atoms with Gasteiger partial charge in [0.2, 0.25) is 5.88 Å². The molecule has 6 nitrogen and oxygen atoms in total. The van der Waals surface area contributed by atoms with Crippen molar-refractivity contribution < 1.29 is 14.6 Å². The van der Waals surface area contributed by atoms with Crippen molar-refractivity contribution in [1.29, 1.82) is 0 Å². The zero-order chi connectivity index (χ0) is 20.9. The van der Waals surface area contributed by atoms with Crippen molar-refractivity contribution in [2.45, 2.75) is 20.1 Å². The third-order valence-corrected chi connectivity index (χ3v) is 4.80. The summed E-state index contributed by atoms with van der Waals surface area (Å²) in [6.45, 7) is 2.65. The maximum Gasteiger partial charge on any atom is 0.326 e. The molecule has 0 radical (unpaired) electrons. The molecule has 0 aliphatic rings. The van der Waals surface area contributed by atoms with Crippen LogP contribution in [0.15, 0.2) is 77.6 Å². The summed E-state index contributed by atoms with van der Waals surface area (Å²) in [5, 5.41) is 10.1. The summed E-state index contributed by atoms with van der Waals surface area (Å²) in [5.41, 5.74) is 3.29. The maximum atomic E-state index is 11.7. The fourth-order valence-corrected chi connectivity index (χ4v) is 3.20. The van der Waals surface area contributed by atoms with E-state index in [4.69, 9.17) is 9.47 Å². The van der Waals surface area contributed by atoms with E-state index in [-0.39, 0.29) is 5.88 Å². The third-order valence-electron chi connectivity index (χ3n) is 4.80. The number of rotatable bonds is 7. The number of aromatic hydroxyl groups is 1. The van der Waals surface area contributed by atoms with Crippen molar-refractivity contribution in [3.05, 3.63) is 100.0 Å². The molecular weight excluding hydrogens is 380 g/mol. The van der Waals surface area contributed by atoms with Gasteiger partial charge in [0.1, 0.15) is 30.4 Å². The quantitative estimate of drug-likeness (QED) is 0.423. The minimum absolute atomic E-state index is 0.225. The van der Waals surface area contributed by atoms with Crippen LogP contribution in [0.4, 0.5) is 0 Å². The predicted molar refractivity (Wildman–Crippen MR) is 115 cm³/mol. The molecule has 152 valence electrons. The Morgan fingerprint density at radius 2 is 1.43 bits per heavy atom. The molecule has 1 heterocycles. The molecule has 0 aliphatic heterocycles. The summed E-state index contributed by atoms with van der Waals surface area (Å²) < 4.78 is 12.0. The van der Waals surface area contributed by atoms with Crippen molar-refractivity contribution in [2.75, 3.05) is 0 Å². The lowest BCUT2D eigenvalue weighted by Gasteiger charge is -2.16. The summed E-state index contributed by atoms with van der Waals surface area (Å²) in [5.74, 6) is 0.960. The first kappa shape index (κ1) is 19.4. The molecule has 1 aromatic heterocycles. The van der Waals surface area contributed by atoms with E-state index < -0.39 is 5.69 Å². The van der Waals surface area contributed by atoms with Crippen LogP contribution in [0.25, 0.3) is 11.3 Å². The number of benzene rings is 3. The van der Waals surface area contributed by atoms with Gasteiger partial charge in [-0.2, -0.15) is 0 Å².